The molecule has 2 rings (SSSR count). The summed E-state index contributed by atoms with van der Waals surface area (Å²) in [4.78, 5) is 47.8. The number of carbonyl (C=O) groups is 1. The minimum Gasteiger partial charge on any atom is -0.478 e. The van der Waals surface area contributed by atoms with Crippen molar-refractivity contribution in [3.63, 3.8) is 0 Å². The number of fused-ring (bicyclic) bond motifs is 1. The number of nitro benzene ring substituents is 1. The maximum absolute atomic E-state index is 11.2. The molecule has 0 aliphatic carbocycles. The van der Waals surface area contributed by atoms with Gasteiger partial charge in [-0.05, 0) is 6.92 Å². The van der Waals surface area contributed by atoms with Gasteiger partial charge in [0.2, 0.25) is 0 Å². The maximum atomic E-state index is 11.2. The van der Waals surface area contributed by atoms with Crippen LogP contribution in [0.3, 0.4) is 0 Å². The zero-order valence-electron chi connectivity index (χ0n) is 9.51. The first-order valence-electron chi connectivity index (χ1n) is 5.00. The van der Waals surface area contributed by atoms with Crippen LogP contribution in [0.25, 0.3) is 11.0 Å². The molecule has 9 nitrogen and oxygen atoms in total. The normalized spacial score (nSPS) is 10.6. The summed E-state index contributed by atoms with van der Waals surface area (Å²) < 4.78 is 0. The fourth-order valence-electron chi connectivity index (χ4n) is 1.80. The molecule has 19 heavy (non-hydrogen) atoms. The first-order chi connectivity index (χ1) is 8.82. The van der Waals surface area contributed by atoms with Crippen LogP contribution in [0, 0.1) is 17.0 Å². The molecular formula is C10H7N3O6. The van der Waals surface area contributed by atoms with Gasteiger partial charge in [-0.3, -0.25) is 19.7 Å². The molecule has 0 atom stereocenters. The van der Waals surface area contributed by atoms with Gasteiger partial charge < -0.3 is 15.1 Å². The second kappa shape index (κ2) is 4.05. The summed E-state index contributed by atoms with van der Waals surface area (Å²) in [5.41, 5.74) is -3.28. The SMILES string of the molecule is Cc1c([N+](=O)[O-])cc2[nH]c(=O)c(=O)[nH]c2c1C(=O)O. The number of aromatic amines is 2. The van der Waals surface area contributed by atoms with Crippen LogP contribution < -0.4 is 11.1 Å². The molecule has 98 valence electrons. The van der Waals surface area contributed by atoms with E-state index in [-0.39, 0.29) is 16.6 Å². The summed E-state index contributed by atoms with van der Waals surface area (Å²) in [7, 11) is 0. The Balaban J connectivity index is 3.09. The molecule has 0 amide bonds. The van der Waals surface area contributed by atoms with Crippen molar-refractivity contribution in [3.05, 3.63) is 48.0 Å². The first-order valence-corrected chi connectivity index (χ1v) is 5.00. The molecule has 0 unspecified atom stereocenters. The van der Waals surface area contributed by atoms with E-state index in [4.69, 9.17) is 5.11 Å². The van der Waals surface area contributed by atoms with Crippen LogP contribution >= 0.6 is 0 Å². The highest BCUT2D eigenvalue weighted by atomic mass is 16.6. The Morgan fingerprint density at radius 1 is 1.32 bits per heavy atom. The van der Waals surface area contributed by atoms with Gasteiger partial charge in [-0.15, -0.1) is 0 Å². The third-order valence-electron chi connectivity index (χ3n) is 2.66. The molecule has 1 aromatic carbocycles. The highest BCUT2D eigenvalue weighted by Crippen LogP contribution is 2.27. The van der Waals surface area contributed by atoms with Crippen molar-refractivity contribution in [1.29, 1.82) is 0 Å². The van der Waals surface area contributed by atoms with Gasteiger partial charge in [-0.25, -0.2) is 4.79 Å². The molecule has 1 heterocycles. The average molecular weight is 265 g/mol. The third kappa shape index (κ3) is 1.86. The van der Waals surface area contributed by atoms with Crippen molar-refractivity contribution in [3.8, 4) is 0 Å². The lowest BCUT2D eigenvalue weighted by Gasteiger charge is -2.06. The van der Waals surface area contributed by atoms with Crippen molar-refractivity contribution in [2.45, 2.75) is 6.92 Å². The number of aromatic carboxylic acids is 1. The number of aromatic nitrogens is 2. The van der Waals surface area contributed by atoms with Crippen molar-refractivity contribution in [2.24, 2.45) is 0 Å². The molecule has 0 saturated heterocycles. The van der Waals surface area contributed by atoms with E-state index in [0.717, 1.165) is 6.07 Å². The third-order valence-corrected chi connectivity index (χ3v) is 2.66. The monoisotopic (exact) mass is 265 g/mol. The topological polar surface area (TPSA) is 146 Å². The first kappa shape index (κ1) is 12.5. The number of nitrogens with one attached hydrogen (secondary N) is 2. The number of nitro groups is 1. The summed E-state index contributed by atoms with van der Waals surface area (Å²) in [5.74, 6) is -1.44. The van der Waals surface area contributed by atoms with E-state index >= 15 is 0 Å². The summed E-state index contributed by atoms with van der Waals surface area (Å²) in [6.07, 6.45) is 0. The number of hydrogen-bond acceptors (Lipinski definition) is 5. The fourth-order valence-corrected chi connectivity index (χ4v) is 1.80. The summed E-state index contributed by atoms with van der Waals surface area (Å²) in [6, 6.07) is 1.01. The Morgan fingerprint density at radius 2 is 1.89 bits per heavy atom. The van der Waals surface area contributed by atoms with Gasteiger partial charge in [0.15, 0.2) is 0 Å². The minimum atomic E-state index is -1.44. The van der Waals surface area contributed by atoms with Crippen LogP contribution in [-0.2, 0) is 0 Å². The number of hydrogen-bond donors (Lipinski definition) is 3. The Kier molecular flexibility index (Phi) is 2.66. The second-order valence-electron chi connectivity index (χ2n) is 3.79. The molecule has 2 aromatic rings. The summed E-state index contributed by atoms with van der Waals surface area (Å²) in [5, 5.41) is 19.9. The molecule has 0 saturated carbocycles. The Labute approximate surface area is 103 Å². The zero-order valence-corrected chi connectivity index (χ0v) is 9.51. The molecule has 0 radical (unpaired) electrons. The lowest BCUT2D eigenvalue weighted by molar-refractivity contribution is -0.385. The van der Waals surface area contributed by atoms with Gasteiger partial charge in [0.1, 0.15) is 0 Å². The fraction of sp³-hybridized carbons (Fsp3) is 0.100. The molecule has 1 aromatic heterocycles. The van der Waals surface area contributed by atoms with Crippen molar-refractivity contribution < 1.29 is 14.8 Å². The van der Waals surface area contributed by atoms with E-state index in [1.807, 2.05) is 0 Å². The molecular weight excluding hydrogens is 258 g/mol. The number of benzene rings is 1. The van der Waals surface area contributed by atoms with Crippen molar-refractivity contribution >= 4 is 22.7 Å². The quantitative estimate of drug-likeness (QED) is 0.399. The predicted molar refractivity (Wildman–Crippen MR) is 63.5 cm³/mol. The second-order valence-corrected chi connectivity index (χ2v) is 3.79. The smallest absolute Gasteiger partial charge is 0.338 e. The van der Waals surface area contributed by atoms with Crippen LogP contribution in [0.4, 0.5) is 5.69 Å². The van der Waals surface area contributed by atoms with Crippen LogP contribution in [-0.4, -0.2) is 26.0 Å². The lowest BCUT2D eigenvalue weighted by Crippen LogP contribution is -2.29. The van der Waals surface area contributed by atoms with Crippen LogP contribution in [0.1, 0.15) is 15.9 Å². The van der Waals surface area contributed by atoms with E-state index in [1.165, 1.54) is 6.92 Å². The molecule has 3 N–H and O–H groups in total. The van der Waals surface area contributed by atoms with Crippen molar-refractivity contribution in [1.82, 2.24) is 9.97 Å². The van der Waals surface area contributed by atoms with E-state index in [9.17, 15) is 24.5 Å². The highest BCUT2D eigenvalue weighted by molar-refractivity contribution is 6.03. The van der Waals surface area contributed by atoms with Crippen LogP contribution in [0.15, 0.2) is 15.7 Å². The number of carboxylic acids is 1. The molecule has 9 heteroatoms. The van der Waals surface area contributed by atoms with Crippen LogP contribution in [0.5, 0.6) is 0 Å². The van der Waals surface area contributed by atoms with Gasteiger partial charge in [-0.2, -0.15) is 0 Å². The predicted octanol–water partition coefficient (Wildman–Crippen LogP) is 0.131. The Hall–Kier alpha value is -2.97. The number of carboxylic acid groups (broad SMARTS) is 1. The molecule has 0 aliphatic heterocycles. The van der Waals surface area contributed by atoms with Gasteiger partial charge in [0.05, 0.1) is 21.5 Å². The van der Waals surface area contributed by atoms with E-state index in [0.29, 0.717) is 0 Å². The van der Waals surface area contributed by atoms with Gasteiger partial charge >= 0.3 is 17.1 Å². The van der Waals surface area contributed by atoms with E-state index in [2.05, 4.69) is 9.97 Å². The number of nitrogens with zero attached hydrogens (tertiary/aromatic N) is 1. The molecule has 0 fully saturated rings. The summed E-state index contributed by atoms with van der Waals surface area (Å²) >= 11 is 0. The van der Waals surface area contributed by atoms with Crippen molar-refractivity contribution in [2.75, 3.05) is 0 Å². The van der Waals surface area contributed by atoms with E-state index < -0.39 is 33.3 Å². The number of rotatable bonds is 2. The Morgan fingerprint density at radius 3 is 2.42 bits per heavy atom. The summed E-state index contributed by atoms with van der Waals surface area (Å²) in [6.45, 7) is 1.25. The van der Waals surface area contributed by atoms with E-state index in [1.54, 1.807) is 0 Å². The van der Waals surface area contributed by atoms with Gasteiger partial charge in [0.25, 0.3) is 5.69 Å². The molecule has 0 aliphatic rings. The standard InChI is InChI=1S/C10H7N3O6/c1-3-5(13(18)19)2-4-7(6(3)10(16)17)12-9(15)8(14)11-4/h2H,1H3,(H,11,14)(H,12,15)(H,16,17). The largest absolute Gasteiger partial charge is 0.478 e. The Bertz CT molecular complexity index is 831. The minimum absolute atomic E-state index is 0.104. The lowest BCUT2D eigenvalue weighted by atomic mass is 10.0. The maximum Gasteiger partial charge on any atom is 0.338 e. The number of H-pyrrole nitrogens is 2. The zero-order chi connectivity index (χ0) is 14.3. The van der Waals surface area contributed by atoms with Gasteiger partial charge in [0, 0.05) is 11.6 Å². The highest BCUT2D eigenvalue weighted by Gasteiger charge is 2.23. The van der Waals surface area contributed by atoms with Gasteiger partial charge in [-0.1, -0.05) is 0 Å². The molecule has 0 spiro atoms. The van der Waals surface area contributed by atoms with Crippen LogP contribution in [0.2, 0.25) is 0 Å². The average Bonchev–Trinajstić information content (AvgIpc) is 2.29. The molecule has 0 bridgehead atoms.